The van der Waals surface area contributed by atoms with Gasteiger partial charge in [0.1, 0.15) is 0 Å². The Bertz CT molecular complexity index is 102. The van der Waals surface area contributed by atoms with E-state index in [0.717, 1.165) is 0 Å². The van der Waals surface area contributed by atoms with Crippen molar-refractivity contribution in [2.24, 2.45) is 0 Å². The van der Waals surface area contributed by atoms with Gasteiger partial charge >= 0.3 is 14.7 Å². The van der Waals surface area contributed by atoms with E-state index < -0.39 is 14.7 Å². The normalized spacial score (nSPS) is 8.50. The van der Waals surface area contributed by atoms with E-state index in [1.165, 1.54) is 6.92 Å². The molecule has 0 aliphatic heterocycles. The van der Waals surface area contributed by atoms with Crippen molar-refractivity contribution >= 4 is 14.7 Å². The summed E-state index contributed by atoms with van der Waals surface area (Å²) in [5.41, 5.74) is 0. The molecular formula is C5H12NO3P. The van der Waals surface area contributed by atoms with E-state index in [0.29, 0.717) is 0 Å². The Morgan fingerprint density at radius 1 is 1.40 bits per heavy atom. The molecule has 0 atom stereocenters. The van der Waals surface area contributed by atoms with E-state index in [1.807, 2.05) is 26.0 Å². The van der Waals surface area contributed by atoms with Crippen LogP contribution >= 0.6 is 8.69 Å². The van der Waals surface area contributed by atoms with E-state index in [1.54, 1.807) is 0 Å². The standard InChI is InChI=1S/C3H9N.C2H3O3P/c1-4(2)3;1-2(3)5-6-4/h1-3H3;1H3. The van der Waals surface area contributed by atoms with Gasteiger partial charge in [0.25, 0.3) is 0 Å². The third-order valence-electron chi connectivity index (χ3n) is 0.166. The van der Waals surface area contributed by atoms with Gasteiger partial charge in [-0.25, -0.2) is 4.57 Å². The Hall–Kier alpha value is -0.470. The molecule has 4 nitrogen and oxygen atoms in total. The summed E-state index contributed by atoms with van der Waals surface area (Å²) in [6, 6.07) is 0. The van der Waals surface area contributed by atoms with Crippen molar-refractivity contribution in [2.75, 3.05) is 21.1 Å². The predicted octanol–water partition coefficient (Wildman–Crippen LogP) is 0.934. The van der Waals surface area contributed by atoms with Gasteiger partial charge in [0.05, 0.1) is 0 Å². The van der Waals surface area contributed by atoms with Crippen LogP contribution in [0.4, 0.5) is 0 Å². The number of hydrogen-bond acceptors (Lipinski definition) is 4. The molecule has 0 heterocycles. The summed E-state index contributed by atoms with van der Waals surface area (Å²) < 4.78 is 13.1. The smallest absolute Gasteiger partial charge is 0.373 e. The maximum atomic E-state index is 9.61. The zero-order valence-electron chi connectivity index (χ0n) is 6.62. The van der Waals surface area contributed by atoms with E-state index in [9.17, 15) is 9.36 Å². The number of carbonyl (C=O) groups is 1. The van der Waals surface area contributed by atoms with Crippen LogP contribution in [0.2, 0.25) is 0 Å². The van der Waals surface area contributed by atoms with Crippen LogP contribution in [-0.2, 0) is 13.9 Å². The van der Waals surface area contributed by atoms with Gasteiger partial charge < -0.3 is 9.42 Å². The quantitative estimate of drug-likeness (QED) is 0.542. The second kappa shape index (κ2) is 8.53. The lowest BCUT2D eigenvalue weighted by molar-refractivity contribution is -0.131. The molecule has 0 bridgehead atoms. The summed E-state index contributed by atoms with van der Waals surface area (Å²) >= 11 is 0. The zero-order chi connectivity index (χ0) is 8.57. The summed E-state index contributed by atoms with van der Waals surface area (Å²) in [5.74, 6) is -0.535. The average Bonchev–Trinajstić information content (AvgIpc) is 1.62. The van der Waals surface area contributed by atoms with Crippen LogP contribution in [0.1, 0.15) is 6.92 Å². The fourth-order valence-electron chi connectivity index (χ4n) is 0.0525. The first-order valence-corrected chi connectivity index (χ1v) is 3.35. The summed E-state index contributed by atoms with van der Waals surface area (Å²) in [6.07, 6.45) is 0. The molecule has 5 heteroatoms. The van der Waals surface area contributed by atoms with Crippen LogP contribution in [0, 0.1) is 0 Å². The SMILES string of the molecule is CC(=O)OP=O.CN(C)C. The summed E-state index contributed by atoms with van der Waals surface area (Å²) in [6.45, 7) is 1.19. The number of nitrogens with zero attached hydrogens (tertiary/aromatic N) is 1. The maximum Gasteiger partial charge on any atom is 0.398 e. The molecule has 10 heavy (non-hydrogen) atoms. The second-order valence-electron chi connectivity index (χ2n) is 2.00. The minimum absolute atomic E-state index is 0.535. The first-order valence-electron chi connectivity index (χ1n) is 2.62. The molecule has 0 saturated heterocycles. The molecule has 0 unspecified atom stereocenters. The molecule has 0 radical (unpaired) electrons. The van der Waals surface area contributed by atoms with Gasteiger partial charge in [-0.15, -0.1) is 0 Å². The van der Waals surface area contributed by atoms with Crippen LogP contribution < -0.4 is 0 Å². The Kier molecular flexibility index (Phi) is 10.4. The van der Waals surface area contributed by atoms with Gasteiger partial charge in [0.15, 0.2) is 0 Å². The van der Waals surface area contributed by atoms with Gasteiger partial charge in [0.2, 0.25) is 0 Å². The van der Waals surface area contributed by atoms with Crippen molar-refractivity contribution in [3.05, 3.63) is 0 Å². The van der Waals surface area contributed by atoms with Gasteiger partial charge in [-0.1, -0.05) is 0 Å². The van der Waals surface area contributed by atoms with Gasteiger partial charge in [-0.3, -0.25) is 4.79 Å². The van der Waals surface area contributed by atoms with Gasteiger partial charge in [-0.05, 0) is 21.1 Å². The van der Waals surface area contributed by atoms with Crippen LogP contribution in [0.5, 0.6) is 0 Å². The number of rotatable bonds is 1. The summed E-state index contributed by atoms with van der Waals surface area (Å²) in [7, 11) is 5.42. The highest BCUT2D eigenvalue weighted by Gasteiger charge is 1.84. The highest BCUT2D eigenvalue weighted by atomic mass is 31.1. The Labute approximate surface area is 62.4 Å². The van der Waals surface area contributed by atoms with Crippen molar-refractivity contribution in [1.82, 2.24) is 4.90 Å². The lowest BCUT2D eigenvalue weighted by Crippen LogP contribution is -1.99. The van der Waals surface area contributed by atoms with Crippen molar-refractivity contribution in [1.29, 1.82) is 0 Å². The van der Waals surface area contributed by atoms with Crippen LogP contribution in [0.15, 0.2) is 0 Å². The molecule has 0 rings (SSSR count). The topological polar surface area (TPSA) is 46.6 Å². The first kappa shape index (κ1) is 12.2. The van der Waals surface area contributed by atoms with E-state index in [2.05, 4.69) is 4.52 Å². The van der Waals surface area contributed by atoms with Crippen LogP contribution in [0.25, 0.3) is 0 Å². The third-order valence-corrected chi connectivity index (χ3v) is 0.497. The summed E-state index contributed by atoms with van der Waals surface area (Å²) in [5, 5.41) is 0. The molecule has 0 fully saturated rings. The van der Waals surface area contributed by atoms with Crippen LogP contribution in [-0.4, -0.2) is 32.0 Å². The molecule has 0 aromatic carbocycles. The Morgan fingerprint density at radius 2 is 1.70 bits per heavy atom. The predicted molar refractivity (Wildman–Crippen MR) is 39.0 cm³/mol. The van der Waals surface area contributed by atoms with Crippen molar-refractivity contribution in [3.63, 3.8) is 0 Å². The molecule has 60 valence electrons. The molecule has 0 saturated carbocycles. The van der Waals surface area contributed by atoms with Crippen molar-refractivity contribution in [2.45, 2.75) is 6.92 Å². The minimum Gasteiger partial charge on any atom is -0.373 e. The largest absolute Gasteiger partial charge is 0.398 e. The molecule has 0 spiro atoms. The molecule has 0 aromatic rings. The van der Waals surface area contributed by atoms with E-state index in [4.69, 9.17) is 0 Å². The van der Waals surface area contributed by atoms with Gasteiger partial charge in [0, 0.05) is 6.92 Å². The maximum absolute atomic E-state index is 9.61. The number of carbonyl (C=O) groups excluding carboxylic acids is 1. The van der Waals surface area contributed by atoms with E-state index >= 15 is 0 Å². The first-order chi connectivity index (χ1) is 4.50. The molecule has 0 aliphatic rings. The minimum atomic E-state index is -0.576. The summed E-state index contributed by atoms with van der Waals surface area (Å²) in [4.78, 5) is 11.6. The monoisotopic (exact) mass is 165 g/mol. The molecule has 0 aliphatic carbocycles. The molecular weight excluding hydrogens is 153 g/mol. The molecule has 0 amide bonds. The fraction of sp³-hybridized carbons (Fsp3) is 0.800. The second-order valence-corrected chi connectivity index (χ2v) is 2.33. The van der Waals surface area contributed by atoms with Gasteiger partial charge in [-0.2, -0.15) is 0 Å². The number of hydrogen-bond donors (Lipinski definition) is 0. The lowest BCUT2D eigenvalue weighted by Gasteiger charge is -1.90. The van der Waals surface area contributed by atoms with Crippen molar-refractivity contribution < 1.29 is 13.9 Å². The van der Waals surface area contributed by atoms with E-state index in [-0.39, 0.29) is 0 Å². The van der Waals surface area contributed by atoms with Crippen molar-refractivity contribution in [3.8, 4) is 0 Å². The highest BCUT2D eigenvalue weighted by molar-refractivity contribution is 7.18. The molecule has 0 N–H and O–H groups in total. The zero-order valence-corrected chi connectivity index (χ0v) is 7.51. The van der Waals surface area contributed by atoms with Crippen LogP contribution in [0.3, 0.4) is 0 Å². The fourth-order valence-corrected chi connectivity index (χ4v) is 0.157. The highest BCUT2D eigenvalue weighted by Crippen LogP contribution is 1.91. The third kappa shape index (κ3) is 50.2. The lowest BCUT2D eigenvalue weighted by atomic mass is 10.9. The average molecular weight is 165 g/mol. The Morgan fingerprint density at radius 3 is 1.70 bits per heavy atom. The Balaban J connectivity index is 0. The molecule has 0 aromatic heterocycles.